The minimum Gasteiger partial charge on any atom is -0.304 e. The number of hydrogen-bond donors (Lipinski definition) is 1. The third-order valence-electron chi connectivity index (χ3n) is 8.45. The number of H-pyrrole nitrogens is 1. The fourth-order valence-corrected chi connectivity index (χ4v) is 7.70. The molecule has 1 saturated heterocycles. The van der Waals surface area contributed by atoms with Gasteiger partial charge in [0, 0.05) is 11.9 Å². The Bertz CT molecular complexity index is 1830. The van der Waals surface area contributed by atoms with Crippen molar-refractivity contribution in [2.45, 2.75) is 61.9 Å². The molecule has 232 valence electrons. The van der Waals surface area contributed by atoms with Crippen molar-refractivity contribution in [1.29, 1.82) is 0 Å². The van der Waals surface area contributed by atoms with Gasteiger partial charge >= 0.3 is 0 Å². The number of nitrogens with zero attached hydrogens (tertiary/aromatic N) is 3. The minimum absolute atomic E-state index is 0.140. The standard InChI is InChI=1S/C30H26F6N4O3S/c31-20-12-19-14-37-38-21(19)13-23(20)39(15-16-6-8-18(9-7-16)17-4-2-1-3-5-17)30(41)22-10-11-40(22)44(42,43)29-27(35)25(33)24(32)26(34)28(29)36/h6-9,12-14,17,22H,1-5,10-11,15H2,(H,37,38). The molecule has 44 heavy (non-hydrogen) atoms. The number of rotatable bonds is 7. The zero-order valence-electron chi connectivity index (χ0n) is 23.1. The van der Waals surface area contributed by atoms with Crippen LogP contribution in [0.1, 0.15) is 55.6 Å². The minimum atomic E-state index is -5.38. The second-order valence-corrected chi connectivity index (χ2v) is 12.9. The molecule has 6 rings (SSSR count). The van der Waals surface area contributed by atoms with Gasteiger partial charge in [-0.15, -0.1) is 0 Å². The summed E-state index contributed by atoms with van der Waals surface area (Å²) in [5, 5.41) is 6.96. The van der Waals surface area contributed by atoms with Crippen molar-refractivity contribution in [3.63, 3.8) is 0 Å². The molecule has 1 atom stereocenters. The monoisotopic (exact) mass is 636 g/mol. The van der Waals surface area contributed by atoms with Crippen molar-refractivity contribution < 1.29 is 39.6 Å². The molecule has 2 heterocycles. The maximum atomic E-state index is 15.4. The summed E-state index contributed by atoms with van der Waals surface area (Å²) >= 11 is 0. The molecule has 1 aliphatic carbocycles. The average molecular weight is 637 g/mol. The Morgan fingerprint density at radius 1 is 0.886 bits per heavy atom. The number of halogens is 6. The number of anilines is 1. The van der Waals surface area contributed by atoms with E-state index in [1.54, 1.807) is 12.1 Å². The number of carbonyl (C=O) groups is 1. The van der Waals surface area contributed by atoms with Crippen LogP contribution in [0.2, 0.25) is 0 Å². The van der Waals surface area contributed by atoms with Crippen LogP contribution in [0.15, 0.2) is 47.5 Å². The predicted molar refractivity (Wildman–Crippen MR) is 148 cm³/mol. The fraction of sp³-hybridized carbons (Fsp3) is 0.333. The third kappa shape index (κ3) is 5.13. The van der Waals surface area contributed by atoms with Crippen LogP contribution in [-0.2, 0) is 21.4 Å². The molecule has 2 fully saturated rings. The van der Waals surface area contributed by atoms with E-state index >= 15 is 4.39 Å². The van der Waals surface area contributed by atoms with Crippen LogP contribution in [0.3, 0.4) is 0 Å². The quantitative estimate of drug-likeness (QED) is 0.144. The first-order valence-electron chi connectivity index (χ1n) is 14.0. The van der Waals surface area contributed by atoms with Gasteiger partial charge in [-0.25, -0.2) is 34.8 Å². The maximum absolute atomic E-state index is 15.4. The van der Waals surface area contributed by atoms with Gasteiger partial charge in [0.1, 0.15) is 11.9 Å². The van der Waals surface area contributed by atoms with E-state index in [1.165, 1.54) is 18.7 Å². The first-order chi connectivity index (χ1) is 21.0. The lowest BCUT2D eigenvalue weighted by Gasteiger charge is -2.41. The van der Waals surface area contributed by atoms with Crippen LogP contribution in [-0.4, -0.2) is 41.4 Å². The van der Waals surface area contributed by atoms with Crippen molar-refractivity contribution in [3.05, 3.63) is 88.6 Å². The van der Waals surface area contributed by atoms with Crippen LogP contribution in [0.25, 0.3) is 10.9 Å². The van der Waals surface area contributed by atoms with E-state index < -0.39 is 68.3 Å². The van der Waals surface area contributed by atoms with Crippen LogP contribution < -0.4 is 4.90 Å². The normalized spacial score (nSPS) is 18.0. The van der Waals surface area contributed by atoms with Crippen molar-refractivity contribution in [2.24, 2.45) is 0 Å². The zero-order chi connectivity index (χ0) is 31.3. The molecule has 2 aliphatic rings. The third-order valence-corrected chi connectivity index (χ3v) is 10.4. The number of aromatic nitrogens is 2. The molecule has 0 spiro atoms. The summed E-state index contributed by atoms with van der Waals surface area (Å²) in [6, 6.07) is 8.32. The summed E-state index contributed by atoms with van der Waals surface area (Å²) in [6.45, 7) is -0.641. The molecule has 0 radical (unpaired) electrons. The second-order valence-electron chi connectivity index (χ2n) is 11.1. The molecule has 4 aromatic rings. The smallest absolute Gasteiger partial charge is 0.249 e. The van der Waals surface area contributed by atoms with E-state index in [4.69, 9.17) is 0 Å². The molecule has 1 N–H and O–H groups in total. The average Bonchev–Trinajstić information content (AvgIpc) is 3.44. The molecule has 14 heteroatoms. The van der Waals surface area contributed by atoms with Crippen molar-refractivity contribution in [1.82, 2.24) is 14.5 Å². The van der Waals surface area contributed by atoms with Gasteiger partial charge in [-0.3, -0.25) is 9.89 Å². The van der Waals surface area contributed by atoms with Gasteiger partial charge in [-0.2, -0.15) is 9.40 Å². The summed E-state index contributed by atoms with van der Waals surface area (Å²) in [5.41, 5.74) is 1.89. The molecule has 3 aromatic carbocycles. The SMILES string of the molecule is O=C(C1CCN1S(=O)(=O)c1c(F)c(F)c(F)c(F)c1F)N(Cc1ccc(C2CCCCC2)cc1)c1cc2[nH]ncc2cc1F. The van der Waals surface area contributed by atoms with Gasteiger partial charge < -0.3 is 4.90 Å². The van der Waals surface area contributed by atoms with E-state index in [0.717, 1.165) is 42.2 Å². The molecule has 1 unspecified atom stereocenters. The molecular formula is C30H26F6N4O3S. The van der Waals surface area contributed by atoms with E-state index in [-0.39, 0.29) is 18.7 Å². The summed E-state index contributed by atoms with van der Waals surface area (Å²) in [7, 11) is -5.38. The van der Waals surface area contributed by atoms with Crippen LogP contribution in [0, 0.1) is 34.9 Å². The number of benzene rings is 3. The number of fused-ring (bicyclic) bond motifs is 1. The Labute approximate surface area is 248 Å². The molecule has 7 nitrogen and oxygen atoms in total. The van der Waals surface area contributed by atoms with Gasteiger partial charge in [0.15, 0.2) is 28.2 Å². The number of hydrogen-bond acceptors (Lipinski definition) is 4. The molecular weight excluding hydrogens is 610 g/mol. The lowest BCUT2D eigenvalue weighted by atomic mass is 9.84. The molecule has 1 aliphatic heterocycles. The van der Waals surface area contributed by atoms with E-state index in [0.29, 0.717) is 26.7 Å². The zero-order valence-corrected chi connectivity index (χ0v) is 23.9. The van der Waals surface area contributed by atoms with E-state index in [1.807, 2.05) is 12.1 Å². The first kappa shape index (κ1) is 30.1. The van der Waals surface area contributed by atoms with Crippen LogP contribution in [0.4, 0.5) is 32.0 Å². The molecule has 1 saturated carbocycles. The van der Waals surface area contributed by atoms with E-state index in [2.05, 4.69) is 10.2 Å². The molecule has 1 aromatic heterocycles. The Balaban J connectivity index is 1.35. The summed E-state index contributed by atoms with van der Waals surface area (Å²) in [5.74, 6) is -13.8. The highest BCUT2D eigenvalue weighted by atomic mass is 32.2. The van der Waals surface area contributed by atoms with Crippen LogP contribution >= 0.6 is 0 Å². The van der Waals surface area contributed by atoms with Gasteiger partial charge in [0.2, 0.25) is 21.7 Å². The Morgan fingerprint density at radius 3 is 2.14 bits per heavy atom. The molecule has 0 bridgehead atoms. The van der Waals surface area contributed by atoms with Gasteiger partial charge in [0.05, 0.1) is 23.9 Å². The summed E-state index contributed by atoms with van der Waals surface area (Å²) in [6.07, 6.45) is 6.83. The van der Waals surface area contributed by atoms with Crippen molar-refractivity contribution >= 4 is 32.5 Å². The van der Waals surface area contributed by atoms with Crippen molar-refractivity contribution in [3.8, 4) is 0 Å². The maximum Gasteiger partial charge on any atom is 0.249 e. The largest absolute Gasteiger partial charge is 0.304 e. The molecule has 1 amide bonds. The number of nitrogens with one attached hydrogen (secondary N) is 1. The van der Waals surface area contributed by atoms with Gasteiger partial charge in [0.25, 0.3) is 0 Å². The second kappa shape index (κ2) is 11.5. The number of aromatic amines is 1. The number of sulfonamides is 1. The Kier molecular flexibility index (Phi) is 7.91. The summed E-state index contributed by atoms with van der Waals surface area (Å²) in [4.78, 5) is 12.9. The predicted octanol–water partition coefficient (Wildman–Crippen LogP) is 6.44. The highest BCUT2D eigenvalue weighted by Crippen LogP contribution is 2.37. The number of carbonyl (C=O) groups excluding carboxylic acids is 1. The fourth-order valence-electron chi connectivity index (χ4n) is 5.96. The van der Waals surface area contributed by atoms with Gasteiger partial charge in [-0.1, -0.05) is 43.5 Å². The first-order valence-corrected chi connectivity index (χ1v) is 15.5. The van der Waals surface area contributed by atoms with Gasteiger partial charge in [-0.05, 0) is 48.4 Å². The highest BCUT2D eigenvalue weighted by molar-refractivity contribution is 7.89. The van der Waals surface area contributed by atoms with E-state index in [9.17, 15) is 35.2 Å². The Hall–Kier alpha value is -3.91. The summed E-state index contributed by atoms with van der Waals surface area (Å²) < 4.78 is 113. The van der Waals surface area contributed by atoms with Crippen molar-refractivity contribution in [2.75, 3.05) is 11.4 Å². The highest BCUT2D eigenvalue weighted by Gasteiger charge is 2.48. The van der Waals surface area contributed by atoms with Crippen LogP contribution in [0.5, 0.6) is 0 Å². The lowest BCUT2D eigenvalue weighted by molar-refractivity contribution is -0.125. The number of amides is 1. The lowest BCUT2D eigenvalue weighted by Crippen LogP contribution is -2.59. The topological polar surface area (TPSA) is 86.4 Å². The Morgan fingerprint density at radius 2 is 1.52 bits per heavy atom.